The zero-order valence-corrected chi connectivity index (χ0v) is 8.96. The van der Waals surface area contributed by atoms with Gasteiger partial charge in [-0.3, -0.25) is 4.79 Å². The van der Waals surface area contributed by atoms with E-state index in [0.717, 1.165) is 6.42 Å². The number of benzene rings is 1. The van der Waals surface area contributed by atoms with Crippen molar-refractivity contribution in [2.75, 3.05) is 7.11 Å². The van der Waals surface area contributed by atoms with Crippen molar-refractivity contribution in [3.63, 3.8) is 0 Å². The van der Waals surface area contributed by atoms with E-state index in [1.165, 1.54) is 23.8 Å². The Bertz CT molecular complexity index is 309. The van der Waals surface area contributed by atoms with Crippen LogP contribution in [0.2, 0.25) is 0 Å². The Balaban J connectivity index is 2.71. The predicted molar refractivity (Wildman–Crippen MR) is 56.3 cm³/mol. The van der Waals surface area contributed by atoms with E-state index in [1.54, 1.807) is 0 Å². The Morgan fingerprint density at radius 1 is 1.29 bits per heavy atom. The van der Waals surface area contributed by atoms with Gasteiger partial charge >= 0.3 is 5.97 Å². The molecule has 0 atom stereocenters. The Hall–Kier alpha value is -1.31. The van der Waals surface area contributed by atoms with Gasteiger partial charge in [0.15, 0.2) is 0 Å². The molecule has 1 rings (SSSR count). The van der Waals surface area contributed by atoms with Gasteiger partial charge in [0.1, 0.15) is 0 Å². The van der Waals surface area contributed by atoms with Crippen LogP contribution in [0, 0.1) is 13.8 Å². The van der Waals surface area contributed by atoms with Gasteiger partial charge in [-0.1, -0.05) is 18.2 Å². The maximum atomic E-state index is 11.0. The molecule has 0 radical (unpaired) electrons. The van der Waals surface area contributed by atoms with Crippen LogP contribution in [0.1, 0.15) is 23.1 Å². The van der Waals surface area contributed by atoms with Crippen LogP contribution in [0.25, 0.3) is 0 Å². The van der Waals surface area contributed by atoms with Crippen molar-refractivity contribution in [3.8, 4) is 0 Å². The topological polar surface area (TPSA) is 26.3 Å². The van der Waals surface area contributed by atoms with Crippen LogP contribution >= 0.6 is 0 Å². The lowest BCUT2D eigenvalue weighted by molar-refractivity contribution is -0.140. The van der Waals surface area contributed by atoms with Crippen molar-refractivity contribution in [1.82, 2.24) is 0 Å². The van der Waals surface area contributed by atoms with Crippen LogP contribution in [0.3, 0.4) is 0 Å². The van der Waals surface area contributed by atoms with Crippen molar-refractivity contribution in [3.05, 3.63) is 34.9 Å². The first-order valence-corrected chi connectivity index (χ1v) is 4.77. The molecule has 14 heavy (non-hydrogen) atoms. The second-order valence-corrected chi connectivity index (χ2v) is 3.45. The Morgan fingerprint density at radius 3 is 2.36 bits per heavy atom. The van der Waals surface area contributed by atoms with Crippen LogP contribution in [0.15, 0.2) is 18.2 Å². The third-order valence-corrected chi connectivity index (χ3v) is 2.45. The molecular weight excluding hydrogens is 176 g/mol. The quantitative estimate of drug-likeness (QED) is 0.687. The number of rotatable bonds is 3. The highest BCUT2D eigenvalue weighted by Crippen LogP contribution is 2.15. The predicted octanol–water partition coefficient (Wildman–Crippen LogP) is 2.41. The molecule has 2 nitrogen and oxygen atoms in total. The van der Waals surface area contributed by atoms with E-state index >= 15 is 0 Å². The first-order chi connectivity index (χ1) is 6.65. The highest BCUT2D eigenvalue weighted by molar-refractivity contribution is 5.69. The fourth-order valence-corrected chi connectivity index (χ4v) is 1.57. The minimum atomic E-state index is -0.146. The maximum absolute atomic E-state index is 11.0. The summed E-state index contributed by atoms with van der Waals surface area (Å²) < 4.78 is 4.61. The van der Waals surface area contributed by atoms with E-state index in [0.29, 0.717) is 6.42 Å². The summed E-state index contributed by atoms with van der Waals surface area (Å²) in [5.74, 6) is -0.146. The van der Waals surface area contributed by atoms with Crippen molar-refractivity contribution in [2.24, 2.45) is 0 Å². The Kier molecular flexibility index (Phi) is 3.69. The van der Waals surface area contributed by atoms with Gasteiger partial charge < -0.3 is 4.74 Å². The first-order valence-electron chi connectivity index (χ1n) is 4.77. The van der Waals surface area contributed by atoms with E-state index in [2.05, 4.69) is 30.7 Å². The van der Waals surface area contributed by atoms with Gasteiger partial charge in [0.2, 0.25) is 0 Å². The van der Waals surface area contributed by atoms with E-state index < -0.39 is 0 Å². The molecule has 0 N–H and O–H groups in total. The molecule has 0 aromatic heterocycles. The highest BCUT2D eigenvalue weighted by Gasteiger charge is 2.05. The number of hydrogen-bond donors (Lipinski definition) is 0. The molecule has 0 aliphatic rings. The number of hydrogen-bond acceptors (Lipinski definition) is 2. The second kappa shape index (κ2) is 4.80. The summed E-state index contributed by atoms with van der Waals surface area (Å²) >= 11 is 0. The van der Waals surface area contributed by atoms with Crippen LogP contribution < -0.4 is 0 Å². The van der Waals surface area contributed by atoms with Crippen LogP contribution in [0.5, 0.6) is 0 Å². The van der Waals surface area contributed by atoms with E-state index in [-0.39, 0.29) is 5.97 Å². The van der Waals surface area contributed by atoms with Crippen molar-refractivity contribution >= 4 is 5.97 Å². The third-order valence-electron chi connectivity index (χ3n) is 2.45. The van der Waals surface area contributed by atoms with Crippen molar-refractivity contribution < 1.29 is 9.53 Å². The monoisotopic (exact) mass is 192 g/mol. The number of methoxy groups -OCH3 is 1. The van der Waals surface area contributed by atoms with Crippen LogP contribution in [0.4, 0.5) is 0 Å². The number of ether oxygens (including phenoxy) is 1. The van der Waals surface area contributed by atoms with Crippen LogP contribution in [-0.4, -0.2) is 13.1 Å². The number of esters is 1. The summed E-state index contributed by atoms with van der Waals surface area (Å²) in [5.41, 5.74) is 3.75. The Morgan fingerprint density at radius 2 is 1.86 bits per heavy atom. The van der Waals surface area contributed by atoms with Gasteiger partial charge in [-0.2, -0.15) is 0 Å². The van der Waals surface area contributed by atoms with Gasteiger partial charge in [-0.15, -0.1) is 0 Å². The fraction of sp³-hybridized carbons (Fsp3) is 0.417. The van der Waals surface area contributed by atoms with Gasteiger partial charge in [-0.25, -0.2) is 0 Å². The van der Waals surface area contributed by atoms with Crippen LogP contribution in [-0.2, 0) is 16.0 Å². The first kappa shape index (κ1) is 10.8. The SMILES string of the molecule is COC(=O)CCc1c(C)cccc1C. The molecule has 0 aliphatic heterocycles. The summed E-state index contributed by atoms with van der Waals surface area (Å²) in [6, 6.07) is 6.17. The lowest BCUT2D eigenvalue weighted by Gasteiger charge is -2.08. The van der Waals surface area contributed by atoms with E-state index in [4.69, 9.17) is 0 Å². The summed E-state index contributed by atoms with van der Waals surface area (Å²) in [6.45, 7) is 4.14. The molecule has 0 bridgehead atoms. The Labute approximate surface area is 84.9 Å². The smallest absolute Gasteiger partial charge is 0.305 e. The van der Waals surface area contributed by atoms with E-state index in [1.807, 2.05) is 6.07 Å². The molecule has 0 saturated heterocycles. The van der Waals surface area contributed by atoms with Gasteiger partial charge in [0, 0.05) is 6.42 Å². The third kappa shape index (κ3) is 2.59. The molecule has 0 fully saturated rings. The maximum Gasteiger partial charge on any atom is 0.305 e. The molecule has 0 saturated carbocycles. The largest absolute Gasteiger partial charge is 0.469 e. The summed E-state index contributed by atoms with van der Waals surface area (Å²) in [7, 11) is 1.42. The minimum absolute atomic E-state index is 0.146. The van der Waals surface area contributed by atoms with Gasteiger partial charge in [0.25, 0.3) is 0 Å². The standard InChI is InChI=1S/C12H16O2/c1-9-5-4-6-10(2)11(9)7-8-12(13)14-3/h4-6H,7-8H2,1-3H3. The zero-order chi connectivity index (χ0) is 10.6. The van der Waals surface area contributed by atoms with Gasteiger partial charge in [0.05, 0.1) is 7.11 Å². The second-order valence-electron chi connectivity index (χ2n) is 3.45. The molecule has 2 heteroatoms. The number of carbonyl (C=O) groups excluding carboxylic acids is 1. The van der Waals surface area contributed by atoms with E-state index in [9.17, 15) is 4.79 Å². The molecular formula is C12H16O2. The van der Waals surface area contributed by atoms with Gasteiger partial charge in [-0.05, 0) is 37.0 Å². The summed E-state index contributed by atoms with van der Waals surface area (Å²) in [4.78, 5) is 11.0. The normalized spacial score (nSPS) is 9.93. The highest BCUT2D eigenvalue weighted by atomic mass is 16.5. The molecule has 1 aromatic carbocycles. The molecule has 1 aromatic rings. The average molecular weight is 192 g/mol. The minimum Gasteiger partial charge on any atom is -0.469 e. The lowest BCUT2D eigenvalue weighted by Crippen LogP contribution is -2.03. The number of aryl methyl sites for hydroxylation is 2. The number of carbonyl (C=O) groups is 1. The molecule has 0 spiro atoms. The van der Waals surface area contributed by atoms with Crippen molar-refractivity contribution in [1.29, 1.82) is 0 Å². The fourth-order valence-electron chi connectivity index (χ4n) is 1.57. The van der Waals surface area contributed by atoms with Crippen molar-refractivity contribution in [2.45, 2.75) is 26.7 Å². The average Bonchev–Trinajstić information content (AvgIpc) is 2.16. The summed E-state index contributed by atoms with van der Waals surface area (Å²) in [6.07, 6.45) is 1.23. The summed E-state index contributed by atoms with van der Waals surface area (Å²) in [5, 5.41) is 0. The molecule has 0 unspecified atom stereocenters. The molecule has 0 aliphatic carbocycles. The lowest BCUT2D eigenvalue weighted by atomic mass is 9.99. The zero-order valence-electron chi connectivity index (χ0n) is 8.96. The molecule has 0 amide bonds. The molecule has 76 valence electrons. The molecule has 0 heterocycles.